The quantitative estimate of drug-likeness (QED) is 0.406. The zero-order chi connectivity index (χ0) is 17.6. The van der Waals surface area contributed by atoms with E-state index in [4.69, 9.17) is 14.2 Å². The van der Waals surface area contributed by atoms with Crippen LogP contribution in [0.1, 0.15) is 20.8 Å². The van der Waals surface area contributed by atoms with Crippen molar-refractivity contribution in [2.45, 2.75) is 38.3 Å². The molecule has 1 unspecified atom stereocenters. The highest BCUT2D eigenvalue weighted by molar-refractivity contribution is 5.84. The van der Waals surface area contributed by atoms with E-state index in [0.717, 1.165) is 18.2 Å². The lowest BCUT2D eigenvalue weighted by molar-refractivity contribution is -0.267. The minimum Gasteiger partial charge on any atom is -0.445 e. The fourth-order valence-corrected chi connectivity index (χ4v) is 1.27. The fourth-order valence-electron chi connectivity index (χ4n) is 1.27. The molecule has 7 nitrogen and oxygen atoms in total. The maximum Gasteiger partial charge on any atom is 0.333 e. The lowest BCUT2D eigenvalue weighted by Gasteiger charge is -2.42. The van der Waals surface area contributed by atoms with E-state index >= 15 is 0 Å². The van der Waals surface area contributed by atoms with Crippen molar-refractivity contribution in [1.29, 1.82) is 0 Å². The van der Waals surface area contributed by atoms with Crippen LogP contribution in [0.15, 0.2) is 38.0 Å². The van der Waals surface area contributed by atoms with Crippen LogP contribution in [0.25, 0.3) is 0 Å². The van der Waals surface area contributed by atoms with Gasteiger partial charge in [-0.05, 0) is 20.8 Å². The Morgan fingerprint density at radius 1 is 0.909 bits per heavy atom. The molecular weight excluding hydrogens is 292 g/mol. The van der Waals surface area contributed by atoms with E-state index in [2.05, 4.69) is 19.7 Å². The first-order valence-corrected chi connectivity index (χ1v) is 6.25. The molecule has 0 aromatic heterocycles. The molecule has 0 bridgehead atoms. The first-order chi connectivity index (χ1) is 10.0. The molecule has 0 radical (unpaired) electrons. The van der Waals surface area contributed by atoms with Crippen LogP contribution >= 0.6 is 0 Å². The summed E-state index contributed by atoms with van der Waals surface area (Å²) in [4.78, 5) is 34.4. The SMILES string of the molecule is C=CC(=O)OC(OC(=O)C=C)C(C)(OC(=O)C=C)C(C)(C)O. The minimum absolute atomic E-state index is 0.828. The molecule has 1 N–H and O–H groups in total. The summed E-state index contributed by atoms with van der Waals surface area (Å²) in [6.45, 7) is 13.5. The van der Waals surface area contributed by atoms with E-state index < -0.39 is 35.4 Å². The molecule has 0 heterocycles. The topological polar surface area (TPSA) is 99.1 Å². The molecule has 0 aliphatic rings. The maximum atomic E-state index is 11.5. The summed E-state index contributed by atoms with van der Waals surface area (Å²) >= 11 is 0. The molecule has 1 atom stereocenters. The van der Waals surface area contributed by atoms with Gasteiger partial charge in [0.15, 0.2) is 0 Å². The van der Waals surface area contributed by atoms with Gasteiger partial charge in [0.25, 0.3) is 6.29 Å². The van der Waals surface area contributed by atoms with Gasteiger partial charge in [0.1, 0.15) is 5.60 Å². The second kappa shape index (κ2) is 7.56. The van der Waals surface area contributed by atoms with E-state index in [9.17, 15) is 19.5 Å². The zero-order valence-corrected chi connectivity index (χ0v) is 12.8. The first kappa shape index (κ1) is 19.6. The number of hydrogen-bond acceptors (Lipinski definition) is 7. The van der Waals surface area contributed by atoms with Gasteiger partial charge in [0, 0.05) is 18.2 Å². The van der Waals surface area contributed by atoms with Gasteiger partial charge in [0.2, 0.25) is 5.60 Å². The third-order valence-corrected chi connectivity index (χ3v) is 2.92. The van der Waals surface area contributed by atoms with Crippen molar-refractivity contribution in [3.63, 3.8) is 0 Å². The summed E-state index contributed by atoms with van der Waals surface area (Å²) in [7, 11) is 0. The molecule has 0 saturated heterocycles. The lowest BCUT2D eigenvalue weighted by atomic mass is 9.86. The minimum atomic E-state index is -1.91. The Labute approximate surface area is 128 Å². The average molecular weight is 312 g/mol. The smallest absolute Gasteiger partial charge is 0.333 e. The second-order valence-corrected chi connectivity index (χ2v) is 4.91. The molecule has 0 rings (SSSR count). The van der Waals surface area contributed by atoms with Crippen LogP contribution in [0.4, 0.5) is 0 Å². The van der Waals surface area contributed by atoms with Crippen LogP contribution in [-0.4, -0.2) is 40.5 Å². The molecule has 0 aliphatic heterocycles. The number of aliphatic hydroxyl groups is 1. The number of rotatable bonds is 8. The van der Waals surface area contributed by atoms with Gasteiger partial charge in [-0.1, -0.05) is 19.7 Å². The first-order valence-electron chi connectivity index (χ1n) is 6.25. The van der Waals surface area contributed by atoms with Gasteiger partial charge in [-0.2, -0.15) is 0 Å². The Bertz CT molecular complexity index is 465. The molecule has 122 valence electrons. The van der Waals surface area contributed by atoms with Crippen molar-refractivity contribution in [3.05, 3.63) is 38.0 Å². The summed E-state index contributed by atoms with van der Waals surface area (Å²) < 4.78 is 14.9. The molecule has 0 aromatic rings. The highest BCUT2D eigenvalue weighted by atomic mass is 16.7. The van der Waals surface area contributed by atoms with Gasteiger partial charge >= 0.3 is 17.9 Å². The Morgan fingerprint density at radius 3 is 1.55 bits per heavy atom. The maximum absolute atomic E-state index is 11.5. The van der Waals surface area contributed by atoms with Crippen molar-refractivity contribution < 1.29 is 33.7 Å². The number of esters is 3. The van der Waals surface area contributed by atoms with Gasteiger partial charge in [-0.15, -0.1) is 0 Å². The van der Waals surface area contributed by atoms with E-state index in [-0.39, 0.29) is 0 Å². The zero-order valence-electron chi connectivity index (χ0n) is 12.8. The van der Waals surface area contributed by atoms with Gasteiger partial charge in [0.05, 0.1) is 0 Å². The predicted octanol–water partition coefficient (Wildman–Crippen LogP) is 1.03. The van der Waals surface area contributed by atoms with Crippen molar-refractivity contribution in [3.8, 4) is 0 Å². The third-order valence-electron chi connectivity index (χ3n) is 2.92. The molecule has 0 aromatic carbocycles. The van der Waals surface area contributed by atoms with E-state index in [1.807, 2.05) is 0 Å². The van der Waals surface area contributed by atoms with Crippen LogP contribution in [0.2, 0.25) is 0 Å². The standard InChI is InChI=1S/C15H20O7/c1-7-10(16)20-13(21-11(17)8-2)15(6,14(4,5)19)22-12(18)9-3/h7-9,13,19H,1-3H2,4-6H3. The van der Waals surface area contributed by atoms with Crippen molar-refractivity contribution in [1.82, 2.24) is 0 Å². The Hall–Kier alpha value is -2.41. The normalized spacial score (nSPS) is 13.5. The number of carbonyl (C=O) groups excluding carboxylic acids is 3. The van der Waals surface area contributed by atoms with E-state index in [1.165, 1.54) is 20.8 Å². The predicted molar refractivity (Wildman–Crippen MR) is 77.4 cm³/mol. The fraction of sp³-hybridized carbons (Fsp3) is 0.400. The molecule has 7 heteroatoms. The highest BCUT2D eigenvalue weighted by Crippen LogP contribution is 2.32. The van der Waals surface area contributed by atoms with E-state index in [0.29, 0.717) is 0 Å². The van der Waals surface area contributed by atoms with Crippen molar-refractivity contribution >= 4 is 17.9 Å². The monoisotopic (exact) mass is 312 g/mol. The van der Waals surface area contributed by atoms with E-state index in [1.54, 1.807) is 0 Å². The average Bonchev–Trinajstić information content (AvgIpc) is 2.44. The lowest BCUT2D eigenvalue weighted by Crippen LogP contribution is -2.60. The van der Waals surface area contributed by atoms with Crippen molar-refractivity contribution in [2.24, 2.45) is 0 Å². The molecular formula is C15H20O7. The third kappa shape index (κ3) is 4.85. The van der Waals surface area contributed by atoms with Crippen molar-refractivity contribution in [2.75, 3.05) is 0 Å². The summed E-state index contributed by atoms with van der Waals surface area (Å²) in [5.74, 6) is -2.78. The van der Waals surface area contributed by atoms with Crippen LogP contribution in [0.5, 0.6) is 0 Å². The highest BCUT2D eigenvalue weighted by Gasteiger charge is 2.54. The second-order valence-electron chi connectivity index (χ2n) is 4.91. The largest absolute Gasteiger partial charge is 0.445 e. The summed E-state index contributed by atoms with van der Waals surface area (Å²) in [5.41, 5.74) is -3.64. The van der Waals surface area contributed by atoms with Gasteiger partial charge in [-0.25, -0.2) is 14.4 Å². The summed E-state index contributed by atoms with van der Waals surface area (Å²) in [6.07, 6.45) is 0.780. The van der Waals surface area contributed by atoms with Crippen LogP contribution in [0.3, 0.4) is 0 Å². The number of ether oxygens (including phenoxy) is 3. The van der Waals surface area contributed by atoms with Crippen LogP contribution in [0, 0.1) is 0 Å². The number of carbonyl (C=O) groups is 3. The Kier molecular flexibility index (Phi) is 6.73. The Morgan fingerprint density at radius 2 is 1.27 bits per heavy atom. The molecule has 0 amide bonds. The van der Waals surface area contributed by atoms with Gasteiger partial charge < -0.3 is 19.3 Å². The molecule has 0 fully saturated rings. The Balaban J connectivity index is 5.79. The molecule has 0 spiro atoms. The molecule has 22 heavy (non-hydrogen) atoms. The summed E-state index contributed by atoms with van der Waals surface area (Å²) in [6, 6.07) is 0. The molecule has 0 saturated carbocycles. The van der Waals surface area contributed by atoms with Crippen LogP contribution in [-0.2, 0) is 28.6 Å². The van der Waals surface area contributed by atoms with Crippen LogP contribution < -0.4 is 0 Å². The van der Waals surface area contributed by atoms with Gasteiger partial charge in [-0.3, -0.25) is 0 Å². The summed E-state index contributed by atoms with van der Waals surface area (Å²) in [5, 5.41) is 10.3. The molecule has 0 aliphatic carbocycles. The number of hydrogen-bond donors (Lipinski definition) is 1.